The molecule has 2 aliphatic rings. The van der Waals surface area contributed by atoms with Gasteiger partial charge in [-0.25, -0.2) is 4.79 Å². The number of carboxylic acid groups (broad SMARTS) is 1. The summed E-state index contributed by atoms with van der Waals surface area (Å²) in [6.45, 7) is 4.41. The summed E-state index contributed by atoms with van der Waals surface area (Å²) in [6, 6.07) is 5.76. The second-order valence-corrected chi connectivity index (χ2v) is 7.90. The molecule has 2 aliphatic heterocycles. The Labute approximate surface area is 175 Å². The Morgan fingerprint density at radius 1 is 1.23 bits per heavy atom. The first-order chi connectivity index (χ1) is 14.3. The molecule has 9 heteroatoms. The van der Waals surface area contributed by atoms with Crippen LogP contribution in [0.3, 0.4) is 0 Å². The van der Waals surface area contributed by atoms with Crippen LogP contribution in [0, 0.1) is 11.8 Å². The maximum Gasteiger partial charge on any atom is 0.323 e. The first kappa shape index (κ1) is 21.6. The summed E-state index contributed by atoms with van der Waals surface area (Å²) in [5.41, 5.74) is 1.12. The van der Waals surface area contributed by atoms with Crippen LogP contribution in [0.2, 0.25) is 0 Å². The number of carbonyl (C=O) groups excluding carboxylic acids is 3. The molecule has 9 nitrogen and oxygen atoms in total. The zero-order valence-electron chi connectivity index (χ0n) is 17.3. The second kappa shape index (κ2) is 9.15. The van der Waals surface area contributed by atoms with Gasteiger partial charge in [-0.1, -0.05) is 32.4 Å². The van der Waals surface area contributed by atoms with Crippen LogP contribution in [-0.4, -0.2) is 59.5 Å². The van der Waals surface area contributed by atoms with Crippen molar-refractivity contribution >= 4 is 35.2 Å². The van der Waals surface area contributed by atoms with Crippen molar-refractivity contribution in [1.82, 2.24) is 10.2 Å². The fourth-order valence-electron chi connectivity index (χ4n) is 3.85. The number of carboxylic acids is 1. The molecular formula is C21H28N4O5. The average Bonchev–Trinajstić information content (AvgIpc) is 2.75. The molecule has 1 aromatic carbocycles. The standard InChI is InChI=1S/C21H28N4O5/c1-3-13(2)18(19(27)24-10-8-14(9-11-24)20(28)29)23-21(30)25-12-17(26)22-15-6-4-5-7-16(15)25/h4-7,13-14,18H,3,8-12H2,1-2H3,(H,22,26)(H,23,30)(H,28,29)/t13?,18-/m0/s1. The summed E-state index contributed by atoms with van der Waals surface area (Å²) in [4.78, 5) is 52.4. The van der Waals surface area contributed by atoms with Crippen molar-refractivity contribution in [3.05, 3.63) is 24.3 Å². The number of urea groups is 1. The van der Waals surface area contributed by atoms with Crippen LogP contribution in [0.15, 0.2) is 24.3 Å². The van der Waals surface area contributed by atoms with Gasteiger partial charge in [-0.15, -0.1) is 0 Å². The van der Waals surface area contributed by atoms with Gasteiger partial charge in [0, 0.05) is 13.1 Å². The number of para-hydroxylation sites is 2. The van der Waals surface area contributed by atoms with Crippen LogP contribution < -0.4 is 15.5 Å². The van der Waals surface area contributed by atoms with E-state index in [-0.39, 0.29) is 24.3 Å². The number of hydrogen-bond acceptors (Lipinski definition) is 4. The summed E-state index contributed by atoms with van der Waals surface area (Å²) < 4.78 is 0. The minimum atomic E-state index is -0.837. The highest BCUT2D eigenvalue weighted by Crippen LogP contribution is 2.29. The van der Waals surface area contributed by atoms with Crippen molar-refractivity contribution in [2.45, 2.75) is 39.2 Å². The van der Waals surface area contributed by atoms with E-state index in [9.17, 15) is 19.2 Å². The van der Waals surface area contributed by atoms with Crippen molar-refractivity contribution in [3.63, 3.8) is 0 Å². The quantitative estimate of drug-likeness (QED) is 0.677. The Morgan fingerprint density at radius 3 is 2.53 bits per heavy atom. The van der Waals surface area contributed by atoms with Crippen LogP contribution >= 0.6 is 0 Å². The molecule has 30 heavy (non-hydrogen) atoms. The first-order valence-corrected chi connectivity index (χ1v) is 10.3. The van der Waals surface area contributed by atoms with Crippen molar-refractivity contribution < 1.29 is 24.3 Å². The molecule has 1 saturated heterocycles. The number of aliphatic carboxylic acids is 1. The van der Waals surface area contributed by atoms with Crippen molar-refractivity contribution in [3.8, 4) is 0 Å². The van der Waals surface area contributed by atoms with Gasteiger partial charge in [0.25, 0.3) is 0 Å². The minimum Gasteiger partial charge on any atom is -0.481 e. The Bertz CT molecular complexity index is 834. The maximum atomic E-state index is 13.2. The van der Waals surface area contributed by atoms with E-state index in [0.29, 0.717) is 43.7 Å². The number of likely N-dealkylation sites (tertiary alicyclic amines) is 1. The van der Waals surface area contributed by atoms with E-state index in [1.807, 2.05) is 13.8 Å². The zero-order valence-corrected chi connectivity index (χ0v) is 17.3. The molecule has 3 N–H and O–H groups in total. The number of anilines is 2. The van der Waals surface area contributed by atoms with Gasteiger partial charge in [0.15, 0.2) is 0 Å². The molecule has 0 saturated carbocycles. The third-order valence-electron chi connectivity index (χ3n) is 5.93. The number of fused-ring (bicyclic) bond motifs is 1. The lowest BCUT2D eigenvalue weighted by molar-refractivity contribution is -0.146. The Balaban J connectivity index is 1.74. The predicted octanol–water partition coefficient (Wildman–Crippen LogP) is 1.89. The number of hydrogen-bond donors (Lipinski definition) is 3. The highest BCUT2D eigenvalue weighted by Gasteiger charge is 2.36. The van der Waals surface area contributed by atoms with Crippen LogP contribution in [0.5, 0.6) is 0 Å². The normalized spacial score (nSPS) is 18.8. The highest BCUT2D eigenvalue weighted by atomic mass is 16.4. The van der Waals surface area contributed by atoms with Crippen molar-refractivity contribution in [2.24, 2.45) is 11.8 Å². The van der Waals surface area contributed by atoms with Gasteiger partial charge in [0.05, 0.1) is 17.3 Å². The average molecular weight is 416 g/mol. The number of piperidine rings is 1. The molecule has 3 rings (SSSR count). The van der Waals surface area contributed by atoms with Gasteiger partial charge in [0.2, 0.25) is 11.8 Å². The summed E-state index contributed by atoms with van der Waals surface area (Å²) in [6.07, 6.45) is 1.49. The molecule has 1 unspecified atom stereocenters. The number of nitrogens with zero attached hydrogens (tertiary/aromatic N) is 2. The van der Waals surface area contributed by atoms with Gasteiger partial charge in [-0.05, 0) is 30.9 Å². The fourth-order valence-corrected chi connectivity index (χ4v) is 3.85. The largest absolute Gasteiger partial charge is 0.481 e. The van der Waals surface area contributed by atoms with E-state index in [0.717, 1.165) is 0 Å². The van der Waals surface area contributed by atoms with Gasteiger partial charge in [-0.3, -0.25) is 19.3 Å². The molecule has 4 amide bonds. The number of carbonyl (C=O) groups is 4. The lowest BCUT2D eigenvalue weighted by atomic mass is 9.94. The minimum absolute atomic E-state index is 0.118. The third-order valence-corrected chi connectivity index (χ3v) is 5.93. The third kappa shape index (κ3) is 4.55. The molecule has 0 bridgehead atoms. The maximum absolute atomic E-state index is 13.2. The topological polar surface area (TPSA) is 119 Å². The number of benzene rings is 1. The van der Waals surface area contributed by atoms with E-state index in [2.05, 4.69) is 10.6 Å². The van der Waals surface area contributed by atoms with E-state index in [4.69, 9.17) is 5.11 Å². The van der Waals surface area contributed by atoms with Crippen LogP contribution in [-0.2, 0) is 14.4 Å². The molecule has 1 aromatic rings. The summed E-state index contributed by atoms with van der Waals surface area (Å²) in [5.74, 6) is -1.90. The second-order valence-electron chi connectivity index (χ2n) is 7.90. The highest BCUT2D eigenvalue weighted by molar-refractivity contribution is 6.10. The molecule has 0 radical (unpaired) electrons. The Hall–Kier alpha value is -3.10. The Morgan fingerprint density at radius 2 is 1.90 bits per heavy atom. The summed E-state index contributed by atoms with van der Waals surface area (Å²) in [7, 11) is 0. The van der Waals surface area contributed by atoms with E-state index < -0.39 is 24.0 Å². The first-order valence-electron chi connectivity index (χ1n) is 10.3. The molecular weight excluding hydrogens is 388 g/mol. The molecule has 0 aliphatic carbocycles. The zero-order chi connectivity index (χ0) is 21.8. The van der Waals surface area contributed by atoms with Crippen LogP contribution in [0.1, 0.15) is 33.1 Å². The fraction of sp³-hybridized carbons (Fsp3) is 0.524. The van der Waals surface area contributed by atoms with Gasteiger partial charge < -0.3 is 20.6 Å². The number of amides is 4. The molecule has 2 heterocycles. The molecule has 162 valence electrons. The van der Waals surface area contributed by atoms with E-state index >= 15 is 0 Å². The molecule has 1 fully saturated rings. The predicted molar refractivity (Wildman–Crippen MR) is 111 cm³/mol. The van der Waals surface area contributed by atoms with E-state index in [1.54, 1.807) is 29.2 Å². The lowest BCUT2D eigenvalue weighted by Crippen LogP contribution is -2.57. The lowest BCUT2D eigenvalue weighted by Gasteiger charge is -2.36. The number of nitrogens with one attached hydrogen (secondary N) is 2. The molecule has 0 aromatic heterocycles. The van der Waals surface area contributed by atoms with Crippen molar-refractivity contribution in [1.29, 1.82) is 0 Å². The molecule has 0 spiro atoms. The van der Waals surface area contributed by atoms with Gasteiger partial charge in [0.1, 0.15) is 12.6 Å². The van der Waals surface area contributed by atoms with Crippen molar-refractivity contribution in [2.75, 3.05) is 29.9 Å². The van der Waals surface area contributed by atoms with Gasteiger partial charge in [-0.2, -0.15) is 0 Å². The number of rotatable bonds is 5. The Kier molecular flexibility index (Phi) is 6.59. The summed E-state index contributed by atoms with van der Waals surface area (Å²) in [5, 5.41) is 14.7. The van der Waals surface area contributed by atoms with E-state index in [1.165, 1.54) is 4.90 Å². The SMILES string of the molecule is CCC(C)[C@H](NC(=O)N1CC(=O)Nc2ccccc21)C(=O)N1CCC(C(=O)O)CC1. The molecule has 2 atom stereocenters. The summed E-state index contributed by atoms with van der Waals surface area (Å²) >= 11 is 0. The van der Waals surface area contributed by atoms with Crippen LogP contribution in [0.25, 0.3) is 0 Å². The monoisotopic (exact) mass is 416 g/mol. The smallest absolute Gasteiger partial charge is 0.323 e. The van der Waals surface area contributed by atoms with Gasteiger partial charge >= 0.3 is 12.0 Å². The van der Waals surface area contributed by atoms with Crippen LogP contribution in [0.4, 0.5) is 16.2 Å².